The molecule has 0 saturated carbocycles. The first-order valence-corrected chi connectivity index (χ1v) is 10.6. The number of piperidine rings is 2. The highest BCUT2D eigenvalue weighted by molar-refractivity contribution is 4.88. The minimum atomic E-state index is -0.716. The van der Waals surface area contributed by atoms with Crippen LogP contribution < -0.4 is 10.6 Å². The second-order valence-corrected chi connectivity index (χ2v) is 8.53. The van der Waals surface area contributed by atoms with E-state index in [9.17, 15) is 8.78 Å². The van der Waals surface area contributed by atoms with Gasteiger partial charge in [-0.3, -0.25) is 4.90 Å². The van der Waals surface area contributed by atoms with E-state index in [0.29, 0.717) is 25.2 Å². The third-order valence-electron chi connectivity index (χ3n) is 5.94. The number of nitrogens with zero attached hydrogens (tertiary/aromatic N) is 2. The molecule has 3 heterocycles. The summed E-state index contributed by atoms with van der Waals surface area (Å²) in [7, 11) is 3.82. The van der Waals surface area contributed by atoms with E-state index in [4.69, 9.17) is 4.74 Å². The fourth-order valence-corrected chi connectivity index (χ4v) is 4.31. The van der Waals surface area contributed by atoms with Gasteiger partial charge in [-0.25, -0.2) is 8.78 Å². The molecule has 0 spiro atoms. The summed E-state index contributed by atoms with van der Waals surface area (Å²) < 4.78 is 32.4. The Labute approximate surface area is 164 Å². The van der Waals surface area contributed by atoms with E-state index in [1.54, 1.807) is 0 Å². The Morgan fingerprint density at radius 3 is 2.11 bits per heavy atom. The Morgan fingerprint density at radius 2 is 1.56 bits per heavy atom. The molecular formula is C20H40F2N4O. The predicted molar refractivity (Wildman–Crippen MR) is 107 cm³/mol. The number of rotatable bonds is 4. The molecule has 4 atom stereocenters. The topological polar surface area (TPSA) is 39.8 Å². The number of likely N-dealkylation sites (tertiary alicyclic amines) is 2. The van der Waals surface area contributed by atoms with Crippen molar-refractivity contribution in [2.75, 3.05) is 53.5 Å². The normalized spacial score (nSPS) is 34.3. The smallest absolute Gasteiger partial charge is 0.128 e. The van der Waals surface area contributed by atoms with Crippen LogP contribution in [0.4, 0.5) is 8.78 Å². The molecule has 3 rings (SSSR count). The summed E-state index contributed by atoms with van der Waals surface area (Å²) >= 11 is 0. The highest BCUT2D eigenvalue weighted by Crippen LogP contribution is 2.21. The lowest BCUT2D eigenvalue weighted by Gasteiger charge is -2.40. The van der Waals surface area contributed by atoms with Crippen LogP contribution in [-0.2, 0) is 4.74 Å². The predicted octanol–water partition coefficient (Wildman–Crippen LogP) is 1.82. The van der Waals surface area contributed by atoms with E-state index in [1.807, 2.05) is 19.0 Å². The van der Waals surface area contributed by atoms with Gasteiger partial charge in [-0.2, -0.15) is 0 Å². The molecule has 3 saturated heterocycles. The molecule has 0 aliphatic carbocycles. The summed E-state index contributed by atoms with van der Waals surface area (Å²) in [5.41, 5.74) is 0. The molecule has 3 aliphatic heterocycles. The molecular weight excluding hydrogens is 350 g/mol. The maximum atomic E-state index is 13.7. The molecule has 0 amide bonds. The Morgan fingerprint density at radius 1 is 0.926 bits per heavy atom. The molecule has 0 radical (unpaired) electrons. The Balaban J connectivity index is 0.000000199. The van der Waals surface area contributed by atoms with Crippen molar-refractivity contribution in [3.8, 4) is 0 Å². The van der Waals surface area contributed by atoms with Gasteiger partial charge in [-0.15, -0.1) is 0 Å². The van der Waals surface area contributed by atoms with E-state index in [0.717, 1.165) is 52.0 Å². The minimum absolute atomic E-state index is 0.0566. The van der Waals surface area contributed by atoms with E-state index in [-0.39, 0.29) is 12.1 Å². The monoisotopic (exact) mass is 390 g/mol. The number of halogens is 2. The minimum Gasteiger partial charge on any atom is -0.381 e. The van der Waals surface area contributed by atoms with Gasteiger partial charge in [0.25, 0.3) is 0 Å². The summed E-state index contributed by atoms with van der Waals surface area (Å²) in [6.45, 7) is 9.00. The standard InChI is InChI=1S/C11H21FN2O.C9H19FN2/c1-13-11-2-5-14(8-10(11)12)9-3-6-15-7-4-9;1-7(2)11-9-4-5-12(3)6-8(9)10/h9-11,13H,2-8H2,1H3;7-9,11H,4-6H2,1-3H3. The van der Waals surface area contributed by atoms with Gasteiger partial charge in [0.15, 0.2) is 0 Å². The van der Waals surface area contributed by atoms with Crippen molar-refractivity contribution in [2.24, 2.45) is 0 Å². The summed E-state index contributed by atoms with van der Waals surface area (Å²) in [5, 5.41) is 6.30. The van der Waals surface area contributed by atoms with Crippen LogP contribution in [0.3, 0.4) is 0 Å². The molecule has 7 heteroatoms. The number of hydrogen-bond acceptors (Lipinski definition) is 5. The van der Waals surface area contributed by atoms with Crippen molar-refractivity contribution in [1.82, 2.24) is 20.4 Å². The molecule has 0 aromatic rings. The average Bonchev–Trinajstić information content (AvgIpc) is 2.65. The third-order valence-corrected chi connectivity index (χ3v) is 5.94. The highest BCUT2D eigenvalue weighted by Gasteiger charge is 2.32. The average molecular weight is 391 g/mol. The van der Waals surface area contributed by atoms with Crippen LogP contribution in [0, 0.1) is 0 Å². The van der Waals surface area contributed by atoms with Crippen molar-refractivity contribution in [2.45, 2.75) is 76.0 Å². The fraction of sp³-hybridized carbons (Fsp3) is 1.00. The zero-order chi connectivity index (χ0) is 19.8. The molecule has 5 nitrogen and oxygen atoms in total. The van der Waals surface area contributed by atoms with Gasteiger partial charge in [0.05, 0.1) is 0 Å². The van der Waals surface area contributed by atoms with Crippen LogP contribution in [-0.4, -0.2) is 99.8 Å². The van der Waals surface area contributed by atoms with Gasteiger partial charge in [-0.05, 0) is 46.3 Å². The summed E-state index contributed by atoms with van der Waals surface area (Å²) in [4.78, 5) is 4.35. The lowest BCUT2D eigenvalue weighted by Crippen LogP contribution is -2.53. The SMILES string of the molecule is CC(C)NC1CCN(C)CC1F.CNC1CCN(C2CCOCC2)CC1F. The summed E-state index contributed by atoms with van der Waals surface area (Å²) in [6.07, 6.45) is 2.57. The Kier molecular flexibility index (Phi) is 9.87. The van der Waals surface area contributed by atoms with Gasteiger partial charge in [0.1, 0.15) is 12.3 Å². The van der Waals surface area contributed by atoms with E-state index >= 15 is 0 Å². The zero-order valence-electron chi connectivity index (χ0n) is 17.6. The number of hydrogen-bond donors (Lipinski definition) is 2. The van der Waals surface area contributed by atoms with Gasteiger partial charge < -0.3 is 20.3 Å². The number of nitrogens with one attached hydrogen (secondary N) is 2. The van der Waals surface area contributed by atoms with Gasteiger partial charge in [-0.1, -0.05) is 13.8 Å². The quantitative estimate of drug-likeness (QED) is 0.766. The summed E-state index contributed by atoms with van der Waals surface area (Å²) in [6, 6.07) is 1.06. The maximum absolute atomic E-state index is 13.7. The van der Waals surface area contributed by atoms with Crippen molar-refractivity contribution < 1.29 is 13.5 Å². The molecule has 4 unspecified atom stereocenters. The zero-order valence-corrected chi connectivity index (χ0v) is 17.6. The van der Waals surface area contributed by atoms with Crippen molar-refractivity contribution in [1.29, 1.82) is 0 Å². The second-order valence-electron chi connectivity index (χ2n) is 8.53. The molecule has 27 heavy (non-hydrogen) atoms. The lowest BCUT2D eigenvalue weighted by atomic mass is 9.98. The van der Waals surface area contributed by atoms with Crippen molar-refractivity contribution >= 4 is 0 Å². The summed E-state index contributed by atoms with van der Waals surface area (Å²) in [5.74, 6) is 0. The van der Waals surface area contributed by atoms with Crippen molar-refractivity contribution in [3.05, 3.63) is 0 Å². The first-order valence-electron chi connectivity index (χ1n) is 10.6. The number of ether oxygens (including phenoxy) is 1. The molecule has 0 aromatic heterocycles. The molecule has 2 N–H and O–H groups in total. The van der Waals surface area contributed by atoms with Crippen LogP contribution in [0.1, 0.15) is 39.5 Å². The first kappa shape index (κ1) is 22.9. The third kappa shape index (κ3) is 7.54. The second kappa shape index (κ2) is 11.6. The van der Waals surface area contributed by atoms with E-state index in [2.05, 4.69) is 29.4 Å². The maximum Gasteiger partial charge on any atom is 0.128 e. The van der Waals surface area contributed by atoms with Crippen LogP contribution in [0.15, 0.2) is 0 Å². The van der Waals surface area contributed by atoms with Crippen LogP contribution in [0.25, 0.3) is 0 Å². The highest BCUT2D eigenvalue weighted by atomic mass is 19.1. The lowest BCUT2D eigenvalue weighted by molar-refractivity contribution is 0.00564. The van der Waals surface area contributed by atoms with Crippen LogP contribution in [0.5, 0.6) is 0 Å². The molecule has 3 fully saturated rings. The molecule has 160 valence electrons. The molecule has 0 aromatic carbocycles. The van der Waals surface area contributed by atoms with Crippen LogP contribution >= 0.6 is 0 Å². The number of alkyl halides is 2. The Bertz CT molecular complexity index is 409. The Hall–Kier alpha value is -0.340. The van der Waals surface area contributed by atoms with Gasteiger partial charge in [0, 0.05) is 57.0 Å². The van der Waals surface area contributed by atoms with Crippen LogP contribution in [0.2, 0.25) is 0 Å². The van der Waals surface area contributed by atoms with Crippen molar-refractivity contribution in [3.63, 3.8) is 0 Å². The molecule has 0 bridgehead atoms. The van der Waals surface area contributed by atoms with Gasteiger partial charge >= 0.3 is 0 Å². The largest absolute Gasteiger partial charge is 0.381 e. The fourth-order valence-electron chi connectivity index (χ4n) is 4.31. The van der Waals surface area contributed by atoms with Gasteiger partial charge in [0.2, 0.25) is 0 Å². The first-order chi connectivity index (χ1) is 12.9. The molecule has 3 aliphatic rings. The van der Waals surface area contributed by atoms with E-state index < -0.39 is 12.3 Å². The van der Waals surface area contributed by atoms with E-state index in [1.165, 1.54) is 0 Å².